The fourth-order valence-corrected chi connectivity index (χ4v) is 2.23. The lowest BCUT2D eigenvalue weighted by molar-refractivity contribution is -0.136. The van der Waals surface area contributed by atoms with Crippen LogP contribution in [0, 0.1) is 13.8 Å². The lowest BCUT2D eigenvalue weighted by Crippen LogP contribution is -2.05. The maximum atomic E-state index is 10.9. The summed E-state index contributed by atoms with van der Waals surface area (Å²) in [7, 11) is 0. The van der Waals surface area contributed by atoms with Crippen LogP contribution in [-0.4, -0.2) is 35.5 Å². The van der Waals surface area contributed by atoms with Gasteiger partial charge in [0.25, 0.3) is 0 Å². The number of carboxylic acid groups (broad SMARTS) is 1. The summed E-state index contributed by atoms with van der Waals surface area (Å²) in [5, 5.41) is 17.4. The Balaban J connectivity index is 2.11. The molecule has 0 atom stereocenters. The molecule has 0 unspecified atom stereocenters. The molecule has 0 aliphatic rings. The van der Waals surface area contributed by atoms with Crippen molar-refractivity contribution in [1.29, 1.82) is 0 Å². The van der Waals surface area contributed by atoms with Crippen LogP contribution in [0.1, 0.15) is 17.0 Å². The van der Waals surface area contributed by atoms with Crippen LogP contribution < -0.4 is 0 Å². The highest BCUT2D eigenvalue weighted by molar-refractivity contribution is 5.71. The minimum atomic E-state index is -0.866. The standard InChI is InChI=1S/C13H13N5O2/c1-8-10(7-13(19)20)9(2)18(16-8)12-4-6-17-11(15-12)3-5-14-17/h3-6H,7H2,1-2H3,(H,19,20). The highest BCUT2D eigenvalue weighted by atomic mass is 16.4. The first-order valence-corrected chi connectivity index (χ1v) is 6.14. The maximum Gasteiger partial charge on any atom is 0.307 e. The van der Waals surface area contributed by atoms with Crippen molar-refractivity contribution in [3.05, 3.63) is 41.5 Å². The van der Waals surface area contributed by atoms with Gasteiger partial charge in [-0.2, -0.15) is 10.2 Å². The van der Waals surface area contributed by atoms with Crippen LogP contribution in [0.2, 0.25) is 0 Å². The first-order chi connectivity index (χ1) is 9.56. The molecule has 0 radical (unpaired) electrons. The highest BCUT2D eigenvalue weighted by Crippen LogP contribution is 2.17. The number of hydrogen-bond donors (Lipinski definition) is 1. The zero-order valence-electron chi connectivity index (χ0n) is 11.1. The lowest BCUT2D eigenvalue weighted by Gasteiger charge is -2.04. The fraction of sp³-hybridized carbons (Fsp3) is 0.231. The topological polar surface area (TPSA) is 85.3 Å². The van der Waals surface area contributed by atoms with Crippen LogP contribution in [0.15, 0.2) is 24.5 Å². The average Bonchev–Trinajstić information content (AvgIpc) is 2.97. The molecular weight excluding hydrogens is 258 g/mol. The minimum Gasteiger partial charge on any atom is -0.481 e. The van der Waals surface area contributed by atoms with Crippen molar-refractivity contribution in [2.45, 2.75) is 20.3 Å². The van der Waals surface area contributed by atoms with Gasteiger partial charge in [0.05, 0.1) is 18.3 Å². The Bertz CT molecular complexity index is 802. The van der Waals surface area contributed by atoms with E-state index in [1.54, 1.807) is 40.6 Å². The second-order valence-electron chi connectivity index (χ2n) is 4.55. The normalized spacial score (nSPS) is 11.1. The molecule has 0 spiro atoms. The molecule has 0 fully saturated rings. The third kappa shape index (κ3) is 1.93. The van der Waals surface area contributed by atoms with Crippen LogP contribution in [0.5, 0.6) is 0 Å². The number of fused-ring (bicyclic) bond motifs is 1. The van der Waals surface area contributed by atoms with E-state index in [4.69, 9.17) is 5.11 Å². The van der Waals surface area contributed by atoms with Crippen LogP contribution >= 0.6 is 0 Å². The zero-order chi connectivity index (χ0) is 14.3. The Morgan fingerprint density at radius 2 is 2.15 bits per heavy atom. The van der Waals surface area contributed by atoms with Gasteiger partial charge in [0.15, 0.2) is 11.5 Å². The smallest absolute Gasteiger partial charge is 0.307 e. The van der Waals surface area contributed by atoms with Crippen molar-refractivity contribution in [3.63, 3.8) is 0 Å². The predicted molar refractivity (Wildman–Crippen MR) is 70.9 cm³/mol. The van der Waals surface area contributed by atoms with Crippen molar-refractivity contribution in [3.8, 4) is 5.82 Å². The molecule has 0 saturated heterocycles. The summed E-state index contributed by atoms with van der Waals surface area (Å²) in [6.07, 6.45) is 3.43. The van der Waals surface area contributed by atoms with Gasteiger partial charge in [-0.3, -0.25) is 4.79 Å². The van der Waals surface area contributed by atoms with Crippen LogP contribution in [-0.2, 0) is 11.2 Å². The summed E-state index contributed by atoms with van der Waals surface area (Å²) in [4.78, 5) is 15.3. The van der Waals surface area contributed by atoms with E-state index in [0.29, 0.717) is 11.5 Å². The molecule has 1 N–H and O–H groups in total. The van der Waals surface area contributed by atoms with Crippen molar-refractivity contribution in [2.75, 3.05) is 0 Å². The summed E-state index contributed by atoms with van der Waals surface area (Å²) < 4.78 is 3.33. The monoisotopic (exact) mass is 271 g/mol. The van der Waals surface area contributed by atoms with Crippen LogP contribution in [0.3, 0.4) is 0 Å². The molecule has 3 aromatic rings. The third-order valence-corrected chi connectivity index (χ3v) is 3.23. The lowest BCUT2D eigenvalue weighted by atomic mass is 10.1. The molecule has 0 aliphatic heterocycles. The number of carboxylic acids is 1. The molecule has 20 heavy (non-hydrogen) atoms. The van der Waals surface area contributed by atoms with Gasteiger partial charge in [0, 0.05) is 29.6 Å². The molecule has 0 saturated carbocycles. The molecule has 0 amide bonds. The van der Waals surface area contributed by atoms with E-state index in [-0.39, 0.29) is 6.42 Å². The van der Waals surface area contributed by atoms with Crippen LogP contribution in [0.4, 0.5) is 0 Å². The number of rotatable bonds is 3. The van der Waals surface area contributed by atoms with Crippen LogP contribution in [0.25, 0.3) is 11.5 Å². The first-order valence-electron chi connectivity index (χ1n) is 6.14. The molecule has 102 valence electrons. The SMILES string of the molecule is Cc1nn(-c2ccn3nccc3n2)c(C)c1CC(=O)O. The highest BCUT2D eigenvalue weighted by Gasteiger charge is 2.16. The van der Waals surface area contributed by atoms with Gasteiger partial charge in [0.1, 0.15) is 0 Å². The number of aliphatic carboxylic acids is 1. The van der Waals surface area contributed by atoms with E-state index in [0.717, 1.165) is 16.9 Å². The molecule has 3 heterocycles. The molecular formula is C13H13N5O2. The molecule has 3 rings (SSSR count). The van der Waals surface area contributed by atoms with Gasteiger partial charge in [-0.15, -0.1) is 0 Å². The molecule has 0 aliphatic carbocycles. The van der Waals surface area contributed by atoms with Crippen molar-refractivity contribution in [1.82, 2.24) is 24.4 Å². The molecule has 0 aromatic carbocycles. The van der Waals surface area contributed by atoms with Crippen molar-refractivity contribution in [2.24, 2.45) is 0 Å². The summed E-state index contributed by atoms with van der Waals surface area (Å²) in [6.45, 7) is 3.65. The predicted octanol–water partition coefficient (Wildman–Crippen LogP) is 1.16. The Hall–Kier alpha value is -2.70. The Labute approximate surface area is 114 Å². The van der Waals surface area contributed by atoms with Gasteiger partial charge < -0.3 is 5.11 Å². The number of hydrogen-bond acceptors (Lipinski definition) is 4. The molecule has 7 heteroatoms. The van der Waals surface area contributed by atoms with Gasteiger partial charge >= 0.3 is 5.97 Å². The second kappa shape index (κ2) is 4.44. The van der Waals surface area contributed by atoms with Crippen molar-refractivity contribution < 1.29 is 9.90 Å². The molecule has 7 nitrogen and oxygen atoms in total. The Kier molecular flexibility index (Phi) is 2.74. The largest absolute Gasteiger partial charge is 0.481 e. The summed E-state index contributed by atoms with van der Waals surface area (Å²) in [6, 6.07) is 3.59. The number of aryl methyl sites for hydroxylation is 1. The number of nitrogens with zero attached hydrogens (tertiary/aromatic N) is 5. The molecule has 3 aromatic heterocycles. The van der Waals surface area contributed by atoms with E-state index in [2.05, 4.69) is 15.2 Å². The van der Waals surface area contributed by atoms with E-state index >= 15 is 0 Å². The fourth-order valence-electron chi connectivity index (χ4n) is 2.23. The second-order valence-corrected chi connectivity index (χ2v) is 4.55. The van der Waals surface area contributed by atoms with E-state index in [9.17, 15) is 4.79 Å². The maximum absolute atomic E-state index is 10.9. The van der Waals surface area contributed by atoms with Gasteiger partial charge in [-0.1, -0.05) is 0 Å². The Morgan fingerprint density at radius 3 is 2.90 bits per heavy atom. The quantitative estimate of drug-likeness (QED) is 0.772. The van der Waals surface area contributed by atoms with Gasteiger partial charge in [-0.25, -0.2) is 14.2 Å². The van der Waals surface area contributed by atoms with Crippen molar-refractivity contribution >= 4 is 11.6 Å². The van der Waals surface area contributed by atoms with Gasteiger partial charge in [0.2, 0.25) is 0 Å². The molecule has 0 bridgehead atoms. The number of carbonyl (C=O) groups is 1. The minimum absolute atomic E-state index is 0.0351. The summed E-state index contributed by atoms with van der Waals surface area (Å²) in [5.74, 6) is -0.217. The zero-order valence-corrected chi connectivity index (χ0v) is 11.1. The number of aromatic nitrogens is 5. The average molecular weight is 271 g/mol. The Morgan fingerprint density at radius 1 is 1.35 bits per heavy atom. The van der Waals surface area contributed by atoms with E-state index in [1.165, 1.54) is 0 Å². The van der Waals surface area contributed by atoms with Gasteiger partial charge in [-0.05, 0) is 13.8 Å². The summed E-state index contributed by atoms with van der Waals surface area (Å²) in [5.41, 5.74) is 2.95. The van der Waals surface area contributed by atoms with E-state index < -0.39 is 5.97 Å². The first kappa shape index (κ1) is 12.3. The summed E-state index contributed by atoms with van der Waals surface area (Å²) >= 11 is 0. The van der Waals surface area contributed by atoms with E-state index in [1.807, 2.05) is 6.92 Å². The third-order valence-electron chi connectivity index (χ3n) is 3.23.